The van der Waals surface area contributed by atoms with Crippen molar-refractivity contribution < 1.29 is 27.4 Å². The SMILES string of the molecule is COc1cc(NC(=O)CN(CCN(C)C)S(C)(=O)=O)cc(OC)c1OC. The van der Waals surface area contributed by atoms with Crippen molar-refractivity contribution in [3.05, 3.63) is 12.1 Å². The Morgan fingerprint density at radius 1 is 1.04 bits per heavy atom. The molecular formula is C16H27N3O6S. The van der Waals surface area contributed by atoms with Crippen LogP contribution in [0.15, 0.2) is 12.1 Å². The van der Waals surface area contributed by atoms with Gasteiger partial charge >= 0.3 is 0 Å². The Kier molecular flexibility index (Phi) is 8.12. The smallest absolute Gasteiger partial charge is 0.239 e. The molecule has 0 bridgehead atoms. The van der Waals surface area contributed by atoms with Gasteiger partial charge in [-0.2, -0.15) is 4.31 Å². The van der Waals surface area contributed by atoms with E-state index in [1.807, 2.05) is 19.0 Å². The summed E-state index contributed by atoms with van der Waals surface area (Å²) in [6, 6.07) is 3.15. The lowest BCUT2D eigenvalue weighted by Crippen LogP contribution is -2.41. The van der Waals surface area contributed by atoms with Gasteiger partial charge in [0.1, 0.15) is 0 Å². The zero-order chi connectivity index (χ0) is 19.9. The summed E-state index contributed by atoms with van der Waals surface area (Å²) in [6.45, 7) is 0.433. The van der Waals surface area contributed by atoms with Crippen molar-refractivity contribution in [2.45, 2.75) is 0 Å². The summed E-state index contributed by atoms with van der Waals surface area (Å²) < 4.78 is 40.6. The van der Waals surface area contributed by atoms with Gasteiger partial charge in [-0.05, 0) is 14.1 Å². The highest BCUT2D eigenvalue weighted by Crippen LogP contribution is 2.39. The molecule has 0 unspecified atom stereocenters. The fourth-order valence-electron chi connectivity index (χ4n) is 2.19. The number of nitrogens with zero attached hydrogens (tertiary/aromatic N) is 2. The maximum Gasteiger partial charge on any atom is 0.239 e. The molecule has 148 valence electrons. The summed E-state index contributed by atoms with van der Waals surface area (Å²) in [5, 5.41) is 2.66. The standard InChI is InChI=1S/C16H27N3O6S/c1-18(2)7-8-19(26(6,21)22)11-15(20)17-12-9-13(23-3)16(25-5)14(10-12)24-4/h9-10H,7-8,11H2,1-6H3,(H,17,20). The highest BCUT2D eigenvalue weighted by molar-refractivity contribution is 7.88. The van der Waals surface area contributed by atoms with Crippen LogP contribution in [0.25, 0.3) is 0 Å². The molecule has 0 aromatic heterocycles. The average molecular weight is 389 g/mol. The number of methoxy groups -OCH3 is 3. The predicted octanol–water partition coefficient (Wildman–Crippen LogP) is 0.474. The van der Waals surface area contributed by atoms with Crippen molar-refractivity contribution in [1.82, 2.24) is 9.21 Å². The molecule has 9 nitrogen and oxygen atoms in total. The van der Waals surface area contributed by atoms with Crippen molar-refractivity contribution >= 4 is 21.6 Å². The molecular weight excluding hydrogens is 362 g/mol. The molecule has 1 aromatic rings. The Bertz CT molecular complexity index is 696. The van der Waals surface area contributed by atoms with Crippen molar-refractivity contribution in [3.63, 3.8) is 0 Å². The molecule has 0 aliphatic rings. The first kappa shape index (κ1) is 22.0. The maximum atomic E-state index is 12.3. The minimum absolute atomic E-state index is 0.217. The summed E-state index contributed by atoms with van der Waals surface area (Å²) in [5.74, 6) is 0.699. The van der Waals surface area contributed by atoms with Crippen LogP contribution in [0.3, 0.4) is 0 Å². The van der Waals surface area contributed by atoms with Crippen LogP contribution >= 0.6 is 0 Å². The Labute approximate surface area is 154 Å². The molecule has 0 saturated heterocycles. The third kappa shape index (κ3) is 6.36. The summed E-state index contributed by atoms with van der Waals surface area (Å²) in [5.41, 5.74) is 0.408. The number of rotatable bonds is 10. The Hall–Kier alpha value is -2.04. The van der Waals surface area contributed by atoms with E-state index >= 15 is 0 Å². The van der Waals surface area contributed by atoms with E-state index in [2.05, 4.69) is 5.32 Å². The second kappa shape index (κ2) is 9.60. The highest BCUT2D eigenvalue weighted by atomic mass is 32.2. The third-order valence-corrected chi connectivity index (χ3v) is 4.78. The Balaban J connectivity index is 2.95. The number of sulfonamides is 1. The van der Waals surface area contributed by atoms with Crippen LogP contribution in [-0.4, -0.2) is 84.8 Å². The highest BCUT2D eigenvalue weighted by Gasteiger charge is 2.21. The molecule has 0 aliphatic carbocycles. The fourth-order valence-corrected chi connectivity index (χ4v) is 2.95. The van der Waals surface area contributed by atoms with E-state index in [9.17, 15) is 13.2 Å². The number of benzene rings is 1. The molecule has 10 heteroatoms. The van der Waals surface area contributed by atoms with Crippen LogP contribution in [0, 0.1) is 0 Å². The van der Waals surface area contributed by atoms with Gasteiger partial charge in [0.05, 0.1) is 34.1 Å². The molecule has 26 heavy (non-hydrogen) atoms. The molecule has 0 radical (unpaired) electrons. The van der Waals surface area contributed by atoms with E-state index in [-0.39, 0.29) is 13.1 Å². The van der Waals surface area contributed by atoms with Gasteiger partial charge in [-0.15, -0.1) is 0 Å². The van der Waals surface area contributed by atoms with E-state index in [1.165, 1.54) is 21.3 Å². The number of carbonyl (C=O) groups excluding carboxylic acids is 1. The number of hydrogen-bond acceptors (Lipinski definition) is 7. The van der Waals surface area contributed by atoms with Gasteiger partial charge in [-0.3, -0.25) is 4.79 Å². The van der Waals surface area contributed by atoms with Crippen molar-refractivity contribution in [2.75, 3.05) is 66.6 Å². The first-order chi connectivity index (χ1) is 12.1. The molecule has 0 atom stereocenters. The number of carbonyl (C=O) groups is 1. The Morgan fingerprint density at radius 3 is 1.96 bits per heavy atom. The number of anilines is 1. The van der Waals surface area contributed by atoms with E-state index in [0.29, 0.717) is 29.5 Å². The molecule has 0 spiro atoms. The maximum absolute atomic E-state index is 12.3. The second-order valence-electron chi connectivity index (χ2n) is 5.86. The molecule has 1 N–H and O–H groups in total. The third-order valence-electron chi connectivity index (χ3n) is 3.53. The second-order valence-corrected chi connectivity index (χ2v) is 7.84. The van der Waals surface area contributed by atoms with Crippen molar-refractivity contribution in [3.8, 4) is 17.2 Å². The van der Waals surface area contributed by atoms with Crippen LogP contribution < -0.4 is 19.5 Å². The van der Waals surface area contributed by atoms with Crippen molar-refractivity contribution in [2.24, 2.45) is 0 Å². The quantitative estimate of drug-likeness (QED) is 0.621. The lowest BCUT2D eigenvalue weighted by atomic mass is 10.2. The van der Waals surface area contributed by atoms with E-state index in [0.717, 1.165) is 10.6 Å². The number of ether oxygens (including phenoxy) is 3. The Morgan fingerprint density at radius 2 is 1.58 bits per heavy atom. The van der Waals surface area contributed by atoms with Crippen LogP contribution in [0.2, 0.25) is 0 Å². The van der Waals surface area contributed by atoms with Crippen LogP contribution in [0.5, 0.6) is 17.2 Å². The van der Waals surface area contributed by atoms with Gasteiger partial charge in [-0.1, -0.05) is 0 Å². The first-order valence-corrected chi connectivity index (χ1v) is 9.67. The topological polar surface area (TPSA) is 97.4 Å². The number of likely N-dealkylation sites (N-methyl/N-ethyl adjacent to an activating group) is 1. The van der Waals surface area contributed by atoms with Gasteiger partial charge in [-0.25, -0.2) is 8.42 Å². The molecule has 0 aliphatic heterocycles. The van der Waals surface area contributed by atoms with Gasteiger partial charge in [0.25, 0.3) is 0 Å². The van der Waals surface area contributed by atoms with Crippen LogP contribution in [0.1, 0.15) is 0 Å². The molecule has 0 fully saturated rings. The summed E-state index contributed by atoms with van der Waals surface area (Å²) in [4.78, 5) is 14.2. The zero-order valence-corrected chi connectivity index (χ0v) is 16.8. The molecule has 0 saturated carbocycles. The molecule has 1 rings (SSSR count). The fraction of sp³-hybridized carbons (Fsp3) is 0.562. The van der Waals surface area contributed by atoms with E-state index in [4.69, 9.17) is 14.2 Å². The largest absolute Gasteiger partial charge is 0.493 e. The molecule has 1 aromatic carbocycles. The average Bonchev–Trinajstić information content (AvgIpc) is 2.56. The zero-order valence-electron chi connectivity index (χ0n) is 16.0. The molecule has 0 heterocycles. The minimum atomic E-state index is -3.51. The van der Waals surface area contributed by atoms with Gasteiger partial charge < -0.3 is 24.4 Å². The number of nitrogens with one attached hydrogen (secondary N) is 1. The summed E-state index contributed by atoms with van der Waals surface area (Å²) in [7, 11) is 4.57. The first-order valence-electron chi connectivity index (χ1n) is 7.82. The van der Waals surface area contributed by atoms with Gasteiger partial charge in [0.2, 0.25) is 21.7 Å². The van der Waals surface area contributed by atoms with Gasteiger partial charge in [0, 0.05) is 30.9 Å². The van der Waals surface area contributed by atoms with E-state index < -0.39 is 15.9 Å². The van der Waals surface area contributed by atoms with Crippen molar-refractivity contribution in [1.29, 1.82) is 0 Å². The minimum Gasteiger partial charge on any atom is -0.493 e. The van der Waals surface area contributed by atoms with Crippen LogP contribution in [0.4, 0.5) is 5.69 Å². The monoisotopic (exact) mass is 389 g/mol. The lowest BCUT2D eigenvalue weighted by molar-refractivity contribution is -0.116. The van der Waals surface area contributed by atoms with Gasteiger partial charge in [0.15, 0.2) is 11.5 Å². The summed E-state index contributed by atoms with van der Waals surface area (Å²) >= 11 is 0. The van der Waals surface area contributed by atoms with Crippen LogP contribution in [-0.2, 0) is 14.8 Å². The molecule has 1 amide bonds. The number of hydrogen-bond donors (Lipinski definition) is 1. The normalized spacial score (nSPS) is 11.5. The predicted molar refractivity (Wildman–Crippen MR) is 99.7 cm³/mol. The summed E-state index contributed by atoms with van der Waals surface area (Å²) in [6.07, 6.45) is 1.08. The number of amides is 1. The lowest BCUT2D eigenvalue weighted by Gasteiger charge is -2.21. The van der Waals surface area contributed by atoms with E-state index in [1.54, 1.807) is 12.1 Å².